The van der Waals surface area contributed by atoms with Crippen molar-refractivity contribution >= 4 is 0 Å². The van der Waals surface area contributed by atoms with E-state index < -0.39 is 0 Å². The number of likely N-dealkylation sites (N-methyl/N-ethyl adjacent to an activating group) is 1. The van der Waals surface area contributed by atoms with E-state index in [4.69, 9.17) is 9.47 Å². The van der Waals surface area contributed by atoms with Crippen LogP contribution in [0.1, 0.15) is 36.8 Å². The molecule has 4 heteroatoms. The molecule has 0 unspecified atom stereocenters. The van der Waals surface area contributed by atoms with Crippen LogP contribution < -0.4 is 9.47 Å². The Labute approximate surface area is 126 Å². The van der Waals surface area contributed by atoms with Crippen molar-refractivity contribution in [3.63, 3.8) is 0 Å². The highest BCUT2D eigenvalue weighted by atomic mass is 16.5. The Kier molecular flexibility index (Phi) is 3.84. The molecule has 0 aromatic heterocycles. The van der Waals surface area contributed by atoms with Crippen molar-refractivity contribution in [2.45, 2.75) is 43.7 Å². The summed E-state index contributed by atoms with van der Waals surface area (Å²) < 4.78 is 10.9. The normalized spacial score (nSPS) is 29.2. The number of fused-ring (bicyclic) bond motifs is 2. The molecular formula is C17H25NO3. The third kappa shape index (κ3) is 2.51. The number of ether oxygens (including phenoxy) is 2. The monoisotopic (exact) mass is 291 g/mol. The summed E-state index contributed by atoms with van der Waals surface area (Å²) >= 11 is 0. The fourth-order valence-corrected chi connectivity index (χ4v) is 4.08. The lowest BCUT2D eigenvalue weighted by Gasteiger charge is -2.46. The second-order valence-corrected chi connectivity index (χ2v) is 6.55. The zero-order valence-corrected chi connectivity index (χ0v) is 13.2. The maximum Gasteiger partial charge on any atom is 0.161 e. The van der Waals surface area contributed by atoms with Crippen LogP contribution in [0.15, 0.2) is 12.1 Å². The van der Waals surface area contributed by atoms with Crippen molar-refractivity contribution in [2.75, 3.05) is 27.8 Å². The minimum Gasteiger partial charge on any atom is -0.493 e. The number of aliphatic hydroxyl groups excluding tert-OH is 1. The number of hydrogen-bond acceptors (Lipinski definition) is 4. The van der Waals surface area contributed by atoms with Gasteiger partial charge in [0.2, 0.25) is 0 Å². The van der Waals surface area contributed by atoms with Crippen LogP contribution in [0.25, 0.3) is 0 Å². The minimum atomic E-state index is -0.133. The Hall–Kier alpha value is -1.26. The Morgan fingerprint density at radius 2 is 1.76 bits per heavy atom. The van der Waals surface area contributed by atoms with E-state index in [0.717, 1.165) is 50.3 Å². The summed E-state index contributed by atoms with van der Waals surface area (Å²) in [7, 11) is 5.55. The van der Waals surface area contributed by atoms with Crippen LogP contribution in [0.4, 0.5) is 0 Å². The van der Waals surface area contributed by atoms with Gasteiger partial charge in [-0.05, 0) is 56.0 Å². The van der Waals surface area contributed by atoms with Crippen molar-refractivity contribution in [1.29, 1.82) is 0 Å². The van der Waals surface area contributed by atoms with E-state index in [1.165, 1.54) is 11.1 Å². The van der Waals surface area contributed by atoms with Gasteiger partial charge in [-0.3, -0.25) is 0 Å². The third-order valence-corrected chi connectivity index (χ3v) is 5.11. The Morgan fingerprint density at radius 1 is 1.14 bits per heavy atom. The lowest BCUT2D eigenvalue weighted by molar-refractivity contribution is 0.0727. The zero-order chi connectivity index (χ0) is 15.0. The largest absolute Gasteiger partial charge is 0.493 e. The molecule has 1 aromatic carbocycles. The van der Waals surface area contributed by atoms with E-state index in [1.807, 2.05) is 0 Å². The predicted octanol–water partition coefficient (Wildman–Crippen LogP) is 2.32. The van der Waals surface area contributed by atoms with Crippen LogP contribution in [-0.2, 0) is 12.0 Å². The van der Waals surface area contributed by atoms with Crippen LogP contribution in [0.3, 0.4) is 0 Å². The molecule has 1 fully saturated rings. The first-order valence-electron chi connectivity index (χ1n) is 7.70. The summed E-state index contributed by atoms with van der Waals surface area (Å²) in [4.78, 5) is 2.38. The minimum absolute atomic E-state index is 0.133. The molecule has 1 spiro atoms. The number of rotatable bonds is 2. The molecule has 0 saturated heterocycles. The van der Waals surface area contributed by atoms with Gasteiger partial charge in [-0.2, -0.15) is 0 Å². The molecule has 21 heavy (non-hydrogen) atoms. The highest BCUT2D eigenvalue weighted by Crippen LogP contribution is 2.47. The van der Waals surface area contributed by atoms with Crippen LogP contribution in [0, 0.1) is 0 Å². The first-order chi connectivity index (χ1) is 10.1. The van der Waals surface area contributed by atoms with Gasteiger partial charge in [-0.25, -0.2) is 0 Å². The molecule has 0 amide bonds. The zero-order valence-electron chi connectivity index (χ0n) is 13.2. The summed E-state index contributed by atoms with van der Waals surface area (Å²) in [6.07, 6.45) is 3.73. The van der Waals surface area contributed by atoms with Gasteiger partial charge < -0.3 is 19.5 Å². The number of nitrogens with zero attached hydrogens (tertiary/aromatic N) is 1. The summed E-state index contributed by atoms with van der Waals surface area (Å²) in [5.41, 5.74) is 2.88. The SMILES string of the molecule is COc1cc2c(cc1OC)C1(CCC(O)CC1)CN(C)C2. The summed E-state index contributed by atoms with van der Waals surface area (Å²) in [6, 6.07) is 4.29. The molecule has 1 aliphatic carbocycles. The van der Waals surface area contributed by atoms with Gasteiger partial charge in [0.15, 0.2) is 11.5 Å². The number of methoxy groups -OCH3 is 2. The van der Waals surface area contributed by atoms with E-state index in [9.17, 15) is 5.11 Å². The molecule has 3 rings (SSSR count). The molecule has 1 saturated carbocycles. The lowest BCUT2D eigenvalue weighted by atomic mass is 9.65. The van der Waals surface area contributed by atoms with Crippen molar-refractivity contribution in [3.8, 4) is 11.5 Å². The molecular weight excluding hydrogens is 266 g/mol. The van der Waals surface area contributed by atoms with Crippen LogP contribution in [0.2, 0.25) is 0 Å². The summed E-state index contributed by atoms with van der Waals surface area (Å²) in [5, 5.41) is 9.86. The average Bonchev–Trinajstić information content (AvgIpc) is 2.49. The summed E-state index contributed by atoms with van der Waals surface area (Å²) in [6.45, 7) is 2.00. The molecule has 1 aromatic rings. The molecule has 0 radical (unpaired) electrons. The smallest absolute Gasteiger partial charge is 0.161 e. The maximum absolute atomic E-state index is 9.86. The second kappa shape index (κ2) is 5.50. The molecule has 1 aliphatic heterocycles. The van der Waals surface area contributed by atoms with Gasteiger partial charge in [0.1, 0.15) is 0 Å². The maximum atomic E-state index is 9.86. The van der Waals surface area contributed by atoms with Crippen molar-refractivity contribution in [3.05, 3.63) is 23.3 Å². The number of hydrogen-bond donors (Lipinski definition) is 1. The quantitative estimate of drug-likeness (QED) is 0.908. The van der Waals surface area contributed by atoms with Gasteiger partial charge in [0, 0.05) is 18.5 Å². The molecule has 0 bridgehead atoms. The van der Waals surface area contributed by atoms with E-state index in [-0.39, 0.29) is 11.5 Å². The van der Waals surface area contributed by atoms with Crippen LogP contribution in [-0.4, -0.2) is 43.9 Å². The average molecular weight is 291 g/mol. The highest BCUT2D eigenvalue weighted by molar-refractivity contribution is 5.51. The molecule has 4 nitrogen and oxygen atoms in total. The first-order valence-corrected chi connectivity index (χ1v) is 7.70. The number of aliphatic hydroxyl groups is 1. The Morgan fingerprint density at radius 3 is 2.38 bits per heavy atom. The fraction of sp³-hybridized carbons (Fsp3) is 0.647. The topological polar surface area (TPSA) is 41.9 Å². The predicted molar refractivity (Wildman–Crippen MR) is 82.0 cm³/mol. The van der Waals surface area contributed by atoms with Crippen molar-refractivity contribution < 1.29 is 14.6 Å². The molecule has 0 atom stereocenters. The Bertz CT molecular complexity index is 521. The fourth-order valence-electron chi connectivity index (χ4n) is 4.08. The van der Waals surface area contributed by atoms with Crippen molar-refractivity contribution in [1.82, 2.24) is 4.90 Å². The molecule has 116 valence electrons. The molecule has 1 heterocycles. The van der Waals surface area contributed by atoms with Gasteiger partial charge >= 0.3 is 0 Å². The second-order valence-electron chi connectivity index (χ2n) is 6.55. The van der Waals surface area contributed by atoms with Gasteiger partial charge in [0.05, 0.1) is 20.3 Å². The summed E-state index contributed by atoms with van der Waals surface area (Å²) in [5.74, 6) is 1.61. The lowest BCUT2D eigenvalue weighted by Crippen LogP contribution is -2.46. The third-order valence-electron chi connectivity index (χ3n) is 5.11. The highest BCUT2D eigenvalue weighted by Gasteiger charge is 2.41. The Balaban J connectivity index is 2.06. The van der Waals surface area contributed by atoms with E-state index in [1.54, 1.807) is 14.2 Å². The molecule has 2 aliphatic rings. The van der Waals surface area contributed by atoms with Crippen LogP contribution in [0.5, 0.6) is 11.5 Å². The van der Waals surface area contributed by atoms with Crippen LogP contribution >= 0.6 is 0 Å². The van der Waals surface area contributed by atoms with E-state index >= 15 is 0 Å². The molecule has 1 N–H and O–H groups in total. The first kappa shape index (κ1) is 14.7. The van der Waals surface area contributed by atoms with Gasteiger partial charge in [0.25, 0.3) is 0 Å². The number of benzene rings is 1. The van der Waals surface area contributed by atoms with Gasteiger partial charge in [-0.1, -0.05) is 0 Å². The standard InChI is InChI=1S/C17H25NO3/c1-18-10-12-8-15(20-2)16(21-3)9-14(12)17(11-18)6-4-13(19)5-7-17/h8-9,13,19H,4-7,10-11H2,1-3H3. The van der Waals surface area contributed by atoms with E-state index in [2.05, 4.69) is 24.1 Å². The van der Waals surface area contributed by atoms with Gasteiger partial charge in [-0.15, -0.1) is 0 Å². The van der Waals surface area contributed by atoms with Crippen molar-refractivity contribution in [2.24, 2.45) is 0 Å². The van der Waals surface area contributed by atoms with E-state index in [0.29, 0.717) is 0 Å².